The van der Waals surface area contributed by atoms with Crippen LogP contribution in [0.4, 0.5) is 5.82 Å². The van der Waals surface area contributed by atoms with Crippen molar-refractivity contribution < 1.29 is 0 Å². The van der Waals surface area contributed by atoms with Gasteiger partial charge in [-0.25, -0.2) is 9.97 Å². The zero-order chi connectivity index (χ0) is 15.5. The molecule has 0 saturated heterocycles. The molecule has 0 bridgehead atoms. The predicted octanol–water partition coefficient (Wildman–Crippen LogP) is 4.39. The van der Waals surface area contributed by atoms with E-state index in [1.165, 1.54) is 5.56 Å². The van der Waals surface area contributed by atoms with Crippen LogP contribution < -0.4 is 5.32 Å². The van der Waals surface area contributed by atoms with E-state index in [0.717, 1.165) is 30.2 Å². The molecular formula is C17H22ClN3. The Morgan fingerprint density at radius 2 is 1.81 bits per heavy atom. The molecule has 1 aromatic carbocycles. The van der Waals surface area contributed by atoms with E-state index in [1.54, 1.807) is 0 Å². The van der Waals surface area contributed by atoms with E-state index in [9.17, 15) is 0 Å². The molecule has 0 radical (unpaired) electrons. The second kappa shape index (κ2) is 6.44. The van der Waals surface area contributed by atoms with E-state index in [-0.39, 0.29) is 5.41 Å². The van der Waals surface area contributed by atoms with Crippen molar-refractivity contribution in [2.45, 2.75) is 39.5 Å². The van der Waals surface area contributed by atoms with Crippen LogP contribution in [-0.4, -0.2) is 16.5 Å². The number of hydrogen-bond donors (Lipinski definition) is 1. The van der Waals surface area contributed by atoms with Crippen molar-refractivity contribution in [3.8, 4) is 0 Å². The Labute approximate surface area is 131 Å². The average Bonchev–Trinajstić information content (AvgIpc) is 2.49. The summed E-state index contributed by atoms with van der Waals surface area (Å²) in [6.07, 6.45) is 0.775. The first-order chi connectivity index (χ1) is 9.94. The van der Waals surface area contributed by atoms with Crippen molar-refractivity contribution in [1.82, 2.24) is 9.97 Å². The van der Waals surface area contributed by atoms with Crippen LogP contribution in [0.2, 0.25) is 5.15 Å². The van der Waals surface area contributed by atoms with E-state index in [4.69, 9.17) is 11.6 Å². The number of aryl methyl sites for hydroxylation is 1. The van der Waals surface area contributed by atoms with E-state index in [1.807, 2.05) is 19.9 Å². The third-order valence-corrected chi connectivity index (χ3v) is 4.07. The maximum absolute atomic E-state index is 6.17. The third-order valence-electron chi connectivity index (χ3n) is 3.70. The minimum Gasteiger partial charge on any atom is -0.369 e. The fourth-order valence-corrected chi connectivity index (χ4v) is 2.35. The summed E-state index contributed by atoms with van der Waals surface area (Å²) in [6, 6.07) is 10.5. The van der Waals surface area contributed by atoms with Crippen molar-refractivity contribution in [3.63, 3.8) is 0 Å². The van der Waals surface area contributed by atoms with Crippen LogP contribution in [0.1, 0.15) is 37.7 Å². The van der Waals surface area contributed by atoms with Gasteiger partial charge < -0.3 is 5.32 Å². The lowest BCUT2D eigenvalue weighted by Crippen LogP contribution is -2.28. The largest absolute Gasteiger partial charge is 0.369 e. The van der Waals surface area contributed by atoms with Crippen molar-refractivity contribution in [3.05, 3.63) is 52.4 Å². The molecule has 21 heavy (non-hydrogen) atoms. The van der Waals surface area contributed by atoms with Crippen LogP contribution in [0.3, 0.4) is 0 Å². The number of halogens is 1. The van der Waals surface area contributed by atoms with Crippen molar-refractivity contribution >= 4 is 17.4 Å². The fourth-order valence-electron chi connectivity index (χ4n) is 2.16. The Hall–Kier alpha value is -1.61. The van der Waals surface area contributed by atoms with Crippen molar-refractivity contribution in [2.75, 3.05) is 11.9 Å². The van der Waals surface area contributed by atoms with Gasteiger partial charge in [0.2, 0.25) is 0 Å². The summed E-state index contributed by atoms with van der Waals surface area (Å²) in [4.78, 5) is 8.81. The van der Waals surface area contributed by atoms with E-state index in [0.29, 0.717) is 5.15 Å². The first-order valence-electron chi connectivity index (χ1n) is 7.26. The van der Waals surface area contributed by atoms with Crippen molar-refractivity contribution in [2.24, 2.45) is 0 Å². The van der Waals surface area contributed by atoms with E-state index >= 15 is 0 Å². The Balaban J connectivity index is 2.18. The molecule has 0 saturated carbocycles. The summed E-state index contributed by atoms with van der Waals surface area (Å²) in [6.45, 7) is 9.19. The number of hydrogen-bond acceptors (Lipinski definition) is 3. The Kier molecular flexibility index (Phi) is 4.84. The minimum absolute atomic E-state index is 0.0114. The highest BCUT2D eigenvalue weighted by Gasteiger charge is 2.21. The highest BCUT2D eigenvalue weighted by atomic mass is 35.5. The highest BCUT2D eigenvalue weighted by Crippen LogP contribution is 2.25. The number of nitrogens with one attached hydrogen (secondary N) is 1. The average molecular weight is 304 g/mol. The van der Waals surface area contributed by atoms with Gasteiger partial charge in [0.15, 0.2) is 0 Å². The molecule has 0 fully saturated rings. The SMILES string of the molecule is CCc1nc(Cl)c(C)c(NCC(C)(C)c2ccccc2)n1. The summed E-state index contributed by atoms with van der Waals surface area (Å²) in [5.41, 5.74) is 2.21. The Bertz CT molecular complexity index is 609. The lowest BCUT2D eigenvalue weighted by atomic mass is 9.84. The predicted molar refractivity (Wildman–Crippen MR) is 89.1 cm³/mol. The topological polar surface area (TPSA) is 37.8 Å². The molecule has 0 aliphatic heterocycles. The summed E-state index contributed by atoms with van der Waals surface area (Å²) < 4.78 is 0. The summed E-state index contributed by atoms with van der Waals surface area (Å²) in [7, 11) is 0. The summed E-state index contributed by atoms with van der Waals surface area (Å²) in [5.74, 6) is 1.60. The van der Waals surface area contributed by atoms with Crippen molar-refractivity contribution in [1.29, 1.82) is 0 Å². The van der Waals surface area contributed by atoms with Gasteiger partial charge in [-0.15, -0.1) is 0 Å². The molecule has 0 unspecified atom stereocenters. The molecule has 4 heteroatoms. The maximum atomic E-state index is 6.17. The second-order valence-electron chi connectivity index (χ2n) is 5.86. The van der Waals surface area contributed by atoms with Crippen LogP contribution in [0.15, 0.2) is 30.3 Å². The zero-order valence-corrected chi connectivity index (χ0v) is 13.8. The molecule has 2 rings (SSSR count). The Morgan fingerprint density at radius 3 is 2.43 bits per heavy atom. The molecule has 2 aromatic rings. The first kappa shape index (κ1) is 15.8. The van der Waals surface area contributed by atoms with Gasteiger partial charge in [-0.05, 0) is 12.5 Å². The van der Waals surface area contributed by atoms with Crippen LogP contribution in [0.25, 0.3) is 0 Å². The quantitative estimate of drug-likeness (QED) is 0.832. The monoisotopic (exact) mass is 303 g/mol. The van der Waals surface area contributed by atoms with Gasteiger partial charge in [-0.1, -0.05) is 62.7 Å². The fraction of sp³-hybridized carbons (Fsp3) is 0.412. The standard InChI is InChI=1S/C17H22ClN3/c1-5-14-20-15(18)12(2)16(21-14)19-11-17(3,4)13-9-7-6-8-10-13/h6-10H,5,11H2,1-4H3,(H,19,20,21). The highest BCUT2D eigenvalue weighted by molar-refractivity contribution is 6.30. The number of rotatable bonds is 5. The number of nitrogens with zero attached hydrogens (tertiary/aromatic N) is 2. The molecule has 0 aliphatic rings. The van der Waals surface area contributed by atoms with Crippen LogP contribution >= 0.6 is 11.6 Å². The van der Waals surface area contributed by atoms with E-state index < -0.39 is 0 Å². The van der Waals surface area contributed by atoms with Gasteiger partial charge in [0.25, 0.3) is 0 Å². The molecule has 0 spiro atoms. The van der Waals surface area contributed by atoms with Gasteiger partial charge in [0, 0.05) is 23.9 Å². The Morgan fingerprint density at radius 1 is 1.14 bits per heavy atom. The van der Waals surface area contributed by atoms with Gasteiger partial charge in [-0.2, -0.15) is 0 Å². The molecule has 0 amide bonds. The van der Waals surface area contributed by atoms with Crippen LogP contribution in [-0.2, 0) is 11.8 Å². The smallest absolute Gasteiger partial charge is 0.137 e. The number of aromatic nitrogens is 2. The molecule has 1 N–H and O–H groups in total. The molecule has 1 heterocycles. The number of benzene rings is 1. The molecule has 3 nitrogen and oxygen atoms in total. The molecule has 1 aromatic heterocycles. The van der Waals surface area contributed by atoms with Gasteiger partial charge >= 0.3 is 0 Å². The zero-order valence-electron chi connectivity index (χ0n) is 13.1. The summed E-state index contributed by atoms with van der Waals surface area (Å²) in [5, 5.41) is 3.96. The molecule has 112 valence electrons. The van der Waals surface area contributed by atoms with Gasteiger partial charge in [0.1, 0.15) is 16.8 Å². The molecular weight excluding hydrogens is 282 g/mol. The second-order valence-corrected chi connectivity index (χ2v) is 6.22. The van der Waals surface area contributed by atoms with Gasteiger partial charge in [-0.3, -0.25) is 0 Å². The third kappa shape index (κ3) is 3.73. The lowest BCUT2D eigenvalue weighted by molar-refractivity contribution is 0.555. The first-order valence-corrected chi connectivity index (χ1v) is 7.64. The van der Waals surface area contributed by atoms with E-state index in [2.05, 4.69) is 53.4 Å². The molecule has 0 aliphatic carbocycles. The summed E-state index contributed by atoms with van der Waals surface area (Å²) >= 11 is 6.17. The minimum atomic E-state index is 0.0114. The molecule has 0 atom stereocenters. The maximum Gasteiger partial charge on any atom is 0.137 e. The van der Waals surface area contributed by atoms with Gasteiger partial charge in [0.05, 0.1) is 0 Å². The van der Waals surface area contributed by atoms with Crippen LogP contribution in [0, 0.1) is 6.92 Å². The lowest BCUT2D eigenvalue weighted by Gasteiger charge is -2.26. The van der Waals surface area contributed by atoms with Crippen LogP contribution in [0.5, 0.6) is 0 Å². The number of anilines is 1. The normalized spacial score (nSPS) is 11.5.